The van der Waals surface area contributed by atoms with Crippen LogP contribution in [0.5, 0.6) is 0 Å². The summed E-state index contributed by atoms with van der Waals surface area (Å²) in [6.45, 7) is -0.430. The lowest BCUT2D eigenvalue weighted by atomic mass is 10.0. The molecule has 13 heteroatoms. The lowest BCUT2D eigenvalue weighted by Gasteiger charge is -2.36. The van der Waals surface area contributed by atoms with E-state index in [0.29, 0.717) is 20.6 Å². The smallest absolute Gasteiger partial charge is 0.213 e. The van der Waals surface area contributed by atoms with Crippen molar-refractivity contribution in [1.82, 2.24) is 15.0 Å². The number of allylic oxidation sites excluding steroid dienone is 1. The average Bonchev–Trinajstić information content (AvgIpc) is 3.22. The topological polar surface area (TPSA) is 150 Å². The first kappa shape index (κ1) is 22.8. The molecule has 4 atom stereocenters. The van der Waals surface area contributed by atoms with E-state index in [9.17, 15) is 20.1 Å². The lowest BCUT2D eigenvalue weighted by molar-refractivity contribution is -0.172. The Labute approximate surface area is 185 Å². The highest BCUT2D eigenvalue weighted by Crippen LogP contribution is 2.29. The fraction of sp³-hybridized carbons (Fsp3) is 0.353. The Kier molecular flexibility index (Phi) is 8.32. The number of anilines is 1. The summed E-state index contributed by atoms with van der Waals surface area (Å²) in [7, 11) is 0.958. The van der Waals surface area contributed by atoms with Gasteiger partial charge in [-0.05, 0) is 0 Å². The van der Waals surface area contributed by atoms with Crippen LogP contribution in [0.25, 0.3) is 0 Å². The number of ketones is 1. The summed E-state index contributed by atoms with van der Waals surface area (Å²) in [6, 6.07) is 0. The van der Waals surface area contributed by atoms with Crippen LogP contribution in [0, 0.1) is 0 Å². The Hall–Kier alpha value is -1.87. The molecule has 3 unspecified atom stereocenters. The maximum absolute atomic E-state index is 12.7. The Morgan fingerprint density at radius 3 is 2.93 bits per heavy atom. The molecule has 3 rings (SSSR count). The predicted molar refractivity (Wildman–Crippen MR) is 117 cm³/mol. The number of thiazole rings is 1. The second-order valence-corrected chi connectivity index (χ2v) is 8.34. The SMILES string of the molecule is O=C(/C(=C/N=Cc1cnccn1)SS)c1cnc(N[C@@H]2CC(O)C(O)C(CO)O2)s1. The van der Waals surface area contributed by atoms with Crippen LogP contribution in [0.3, 0.4) is 0 Å². The molecule has 0 saturated carbocycles. The third-order valence-electron chi connectivity index (χ3n) is 4.07. The minimum absolute atomic E-state index is 0.106. The van der Waals surface area contributed by atoms with Crippen LogP contribution in [-0.4, -0.2) is 73.4 Å². The van der Waals surface area contributed by atoms with Crippen molar-refractivity contribution in [2.75, 3.05) is 11.9 Å². The van der Waals surface area contributed by atoms with E-state index in [2.05, 4.69) is 36.9 Å². The summed E-state index contributed by atoms with van der Waals surface area (Å²) in [5, 5.41) is 32.3. The van der Waals surface area contributed by atoms with Crippen LogP contribution >= 0.6 is 33.8 Å². The molecule has 1 saturated heterocycles. The molecule has 0 aromatic carbocycles. The van der Waals surface area contributed by atoms with Gasteiger partial charge in [-0.2, -0.15) is 0 Å². The van der Waals surface area contributed by atoms with Crippen LogP contribution in [-0.2, 0) is 4.74 Å². The molecule has 3 heterocycles. The first-order valence-corrected chi connectivity index (χ1v) is 11.4. The molecule has 1 aliphatic rings. The van der Waals surface area contributed by atoms with Gasteiger partial charge >= 0.3 is 0 Å². The number of ether oxygens (including phenoxy) is 1. The molecule has 4 N–H and O–H groups in total. The highest BCUT2D eigenvalue weighted by molar-refractivity contribution is 8.70. The zero-order chi connectivity index (χ0) is 21.5. The third-order valence-corrected chi connectivity index (χ3v) is 6.07. The van der Waals surface area contributed by atoms with E-state index in [1.54, 1.807) is 12.4 Å². The number of aliphatic hydroxyl groups is 3. The third kappa shape index (κ3) is 5.85. The van der Waals surface area contributed by atoms with Gasteiger partial charge in [-0.25, -0.2) is 4.98 Å². The number of hydrogen-bond acceptors (Lipinski definition) is 13. The number of hydrogen-bond donors (Lipinski definition) is 5. The van der Waals surface area contributed by atoms with Gasteiger partial charge in [0.25, 0.3) is 0 Å². The largest absolute Gasteiger partial charge is 0.394 e. The zero-order valence-electron chi connectivity index (χ0n) is 15.4. The van der Waals surface area contributed by atoms with Crippen LogP contribution in [0.4, 0.5) is 5.13 Å². The van der Waals surface area contributed by atoms with Crippen molar-refractivity contribution in [2.45, 2.75) is 31.0 Å². The molecule has 160 valence electrons. The molecule has 2 aromatic rings. The van der Waals surface area contributed by atoms with Gasteiger partial charge in [0.1, 0.15) is 18.4 Å². The normalized spacial score (nSPS) is 24.9. The summed E-state index contributed by atoms with van der Waals surface area (Å²) in [5.74, 6) is -0.301. The van der Waals surface area contributed by atoms with Gasteiger partial charge in [0.15, 0.2) is 5.13 Å². The number of nitrogens with one attached hydrogen (secondary N) is 1. The molecule has 30 heavy (non-hydrogen) atoms. The molecule has 1 aliphatic heterocycles. The van der Waals surface area contributed by atoms with Crippen molar-refractivity contribution < 1.29 is 24.9 Å². The molecule has 0 aliphatic carbocycles. The fourth-order valence-corrected chi connectivity index (χ4v) is 4.15. The molecule has 2 aromatic heterocycles. The minimum atomic E-state index is -1.16. The van der Waals surface area contributed by atoms with Crippen molar-refractivity contribution in [1.29, 1.82) is 0 Å². The molecule has 10 nitrogen and oxygen atoms in total. The van der Waals surface area contributed by atoms with Crippen LogP contribution in [0.2, 0.25) is 0 Å². The van der Waals surface area contributed by atoms with Crippen molar-refractivity contribution in [3.05, 3.63) is 46.5 Å². The van der Waals surface area contributed by atoms with Crippen molar-refractivity contribution >= 4 is 50.9 Å². The number of carbonyl (C=O) groups is 1. The molecular formula is C17H19N5O5S3. The zero-order valence-corrected chi connectivity index (χ0v) is 17.9. The standard InChI is InChI=1S/C17H19N5O5S3/c23-8-11-15(25)10(24)3-14(27-11)22-17-21-7-12(29-17)16(26)13(30-28)6-19-5-9-4-18-1-2-20-9/h1-2,4-7,10-11,14-15,23-25,28H,3,8H2,(H,21,22)/b13-6-,19-5?/t10?,11?,14-,15?/m0/s1. The van der Waals surface area contributed by atoms with Gasteiger partial charge in [-0.1, -0.05) is 22.1 Å². The minimum Gasteiger partial charge on any atom is -0.394 e. The van der Waals surface area contributed by atoms with Gasteiger partial charge in [0.05, 0.1) is 46.8 Å². The maximum Gasteiger partial charge on any atom is 0.213 e. The summed E-state index contributed by atoms with van der Waals surface area (Å²) in [5.41, 5.74) is 0.551. The van der Waals surface area contributed by atoms with Gasteiger partial charge in [0.2, 0.25) is 5.78 Å². The van der Waals surface area contributed by atoms with Crippen LogP contribution in [0.1, 0.15) is 21.8 Å². The quantitative estimate of drug-likeness (QED) is 0.124. The van der Waals surface area contributed by atoms with E-state index in [4.69, 9.17) is 4.74 Å². The first-order chi connectivity index (χ1) is 14.5. The summed E-state index contributed by atoms with van der Waals surface area (Å²) in [6.07, 6.45) is 5.22. The number of thiol groups is 1. The van der Waals surface area contributed by atoms with Gasteiger partial charge < -0.3 is 25.4 Å². The number of carbonyl (C=O) groups excluding carboxylic acids is 1. The maximum atomic E-state index is 12.7. The number of aliphatic hydroxyl groups excluding tert-OH is 3. The van der Waals surface area contributed by atoms with Gasteiger partial charge in [-0.3, -0.25) is 19.8 Å². The second kappa shape index (κ2) is 10.9. The monoisotopic (exact) mass is 469 g/mol. The molecule has 0 bridgehead atoms. The Bertz CT molecular complexity index is 910. The van der Waals surface area contributed by atoms with E-state index in [1.807, 2.05) is 0 Å². The van der Waals surface area contributed by atoms with Crippen LogP contribution in [0.15, 0.2) is 40.9 Å². The number of rotatable bonds is 8. The fourth-order valence-electron chi connectivity index (χ4n) is 2.58. The van der Waals surface area contributed by atoms with E-state index < -0.39 is 31.1 Å². The van der Waals surface area contributed by atoms with Crippen molar-refractivity contribution in [2.24, 2.45) is 4.99 Å². The summed E-state index contributed by atoms with van der Waals surface area (Å²) >= 11 is 5.21. The Morgan fingerprint density at radius 1 is 1.40 bits per heavy atom. The highest BCUT2D eigenvalue weighted by Gasteiger charge is 2.36. The second-order valence-electron chi connectivity index (χ2n) is 6.14. The number of aromatic nitrogens is 3. The van der Waals surface area contributed by atoms with Crippen LogP contribution < -0.4 is 5.32 Å². The Balaban J connectivity index is 1.64. The molecule has 1 fully saturated rings. The molecule has 0 amide bonds. The van der Waals surface area contributed by atoms with E-state index >= 15 is 0 Å². The summed E-state index contributed by atoms with van der Waals surface area (Å²) < 4.78 is 5.51. The van der Waals surface area contributed by atoms with Crippen molar-refractivity contribution in [3.8, 4) is 0 Å². The van der Waals surface area contributed by atoms with E-state index in [1.165, 1.54) is 24.8 Å². The number of nitrogens with zero attached hydrogens (tertiary/aromatic N) is 4. The predicted octanol–water partition coefficient (Wildman–Crippen LogP) is 0.895. The van der Waals surface area contributed by atoms with Gasteiger partial charge in [-0.15, -0.1) is 11.7 Å². The van der Waals surface area contributed by atoms with E-state index in [-0.39, 0.29) is 12.2 Å². The number of Topliss-reactive ketones (excluding diaryl/α,β-unsaturated/α-hetero) is 1. The molecule has 0 radical (unpaired) electrons. The summed E-state index contributed by atoms with van der Waals surface area (Å²) in [4.78, 5) is 29.6. The number of aliphatic imine (C=N–C) groups is 1. The first-order valence-electron chi connectivity index (χ1n) is 8.72. The van der Waals surface area contributed by atoms with Crippen molar-refractivity contribution in [3.63, 3.8) is 0 Å². The highest BCUT2D eigenvalue weighted by atomic mass is 33.1. The molecular weight excluding hydrogens is 450 g/mol. The lowest BCUT2D eigenvalue weighted by Crippen LogP contribution is -2.51. The molecule has 0 spiro atoms. The average molecular weight is 470 g/mol. The Morgan fingerprint density at radius 2 is 2.23 bits per heavy atom. The van der Waals surface area contributed by atoms with E-state index in [0.717, 1.165) is 22.1 Å². The van der Waals surface area contributed by atoms with Gasteiger partial charge in [0, 0.05) is 25.0 Å².